The summed E-state index contributed by atoms with van der Waals surface area (Å²) >= 11 is 5.81. The first-order valence-electron chi connectivity index (χ1n) is 6.60. The van der Waals surface area contributed by atoms with Crippen molar-refractivity contribution in [2.75, 3.05) is 24.2 Å². The molecule has 1 amide bonds. The van der Waals surface area contributed by atoms with Gasteiger partial charge in [-0.15, -0.1) is 0 Å². The fraction of sp³-hybridized carbons (Fsp3) is 0.385. The van der Waals surface area contributed by atoms with Crippen LogP contribution >= 0.6 is 11.6 Å². The zero-order chi connectivity index (χ0) is 16.3. The van der Waals surface area contributed by atoms with Crippen molar-refractivity contribution < 1.29 is 23.1 Å². The highest BCUT2D eigenvalue weighted by Crippen LogP contribution is 2.21. The number of amides is 1. The smallest absolute Gasteiger partial charge is 0.337 e. The summed E-state index contributed by atoms with van der Waals surface area (Å²) in [6.07, 6.45) is 0.605. The number of carboxylic acids is 1. The molecular weight excluding hydrogens is 332 g/mol. The van der Waals surface area contributed by atoms with E-state index < -0.39 is 16.0 Å². The highest BCUT2D eigenvalue weighted by Gasteiger charge is 2.28. The van der Waals surface area contributed by atoms with Crippen LogP contribution in [0.5, 0.6) is 0 Å². The molecule has 0 unspecified atom stereocenters. The van der Waals surface area contributed by atoms with E-state index in [2.05, 4.69) is 5.32 Å². The highest BCUT2D eigenvalue weighted by atomic mass is 35.5. The van der Waals surface area contributed by atoms with Gasteiger partial charge in [0.15, 0.2) is 0 Å². The van der Waals surface area contributed by atoms with Crippen LogP contribution in [-0.2, 0) is 14.8 Å². The third-order valence-corrected chi connectivity index (χ3v) is 5.54. The maximum atomic E-state index is 11.8. The van der Waals surface area contributed by atoms with Crippen LogP contribution in [0.1, 0.15) is 23.2 Å². The number of benzene rings is 1. The van der Waals surface area contributed by atoms with Gasteiger partial charge in [0.2, 0.25) is 15.9 Å². The standard InChI is InChI=1S/C13H15ClN2O5S/c14-11-8-9(2-3-10(11)13(18)19)15-12(17)4-6-16-5-1-7-22(16,20)21/h2-3,8H,1,4-7H2,(H,15,17)(H,18,19). The molecule has 0 radical (unpaired) electrons. The first-order chi connectivity index (χ1) is 10.3. The van der Waals surface area contributed by atoms with Gasteiger partial charge in [0.1, 0.15) is 0 Å². The number of hydrogen-bond donors (Lipinski definition) is 2. The summed E-state index contributed by atoms with van der Waals surface area (Å²) in [5, 5.41) is 11.4. The Morgan fingerprint density at radius 3 is 2.64 bits per heavy atom. The number of hydrogen-bond acceptors (Lipinski definition) is 4. The van der Waals surface area contributed by atoms with Crippen LogP contribution in [-0.4, -0.2) is 48.5 Å². The number of nitrogens with one attached hydrogen (secondary N) is 1. The Balaban J connectivity index is 1.92. The van der Waals surface area contributed by atoms with Gasteiger partial charge in [-0.3, -0.25) is 4.79 Å². The van der Waals surface area contributed by atoms with Gasteiger partial charge in [-0.05, 0) is 24.6 Å². The molecule has 0 bridgehead atoms. The number of anilines is 1. The second-order valence-corrected chi connectivity index (χ2v) is 7.36. The topological polar surface area (TPSA) is 104 Å². The van der Waals surface area contributed by atoms with Crippen LogP contribution in [0.15, 0.2) is 18.2 Å². The zero-order valence-electron chi connectivity index (χ0n) is 11.6. The van der Waals surface area contributed by atoms with Crippen molar-refractivity contribution >= 4 is 39.2 Å². The molecule has 1 aliphatic heterocycles. The van der Waals surface area contributed by atoms with Crippen molar-refractivity contribution in [3.05, 3.63) is 28.8 Å². The van der Waals surface area contributed by atoms with Gasteiger partial charge in [-0.2, -0.15) is 0 Å². The van der Waals surface area contributed by atoms with Crippen molar-refractivity contribution in [1.82, 2.24) is 4.31 Å². The van der Waals surface area contributed by atoms with Crippen molar-refractivity contribution in [3.8, 4) is 0 Å². The van der Waals surface area contributed by atoms with E-state index in [1.54, 1.807) is 0 Å². The summed E-state index contributed by atoms with van der Waals surface area (Å²) in [5.74, 6) is -1.38. The van der Waals surface area contributed by atoms with Crippen molar-refractivity contribution in [2.24, 2.45) is 0 Å². The van der Waals surface area contributed by atoms with E-state index in [9.17, 15) is 18.0 Å². The van der Waals surface area contributed by atoms with E-state index in [1.807, 2.05) is 0 Å². The third kappa shape index (κ3) is 3.96. The fourth-order valence-electron chi connectivity index (χ4n) is 2.16. The van der Waals surface area contributed by atoms with E-state index in [4.69, 9.17) is 16.7 Å². The van der Waals surface area contributed by atoms with E-state index in [0.29, 0.717) is 18.7 Å². The molecule has 120 valence electrons. The van der Waals surface area contributed by atoms with Gasteiger partial charge >= 0.3 is 5.97 Å². The molecule has 2 rings (SSSR count). The minimum absolute atomic E-state index is 0.0208. The molecule has 0 spiro atoms. The van der Waals surface area contributed by atoms with Crippen molar-refractivity contribution in [1.29, 1.82) is 0 Å². The van der Waals surface area contributed by atoms with E-state index in [0.717, 1.165) is 0 Å². The summed E-state index contributed by atoms with van der Waals surface area (Å²) in [6.45, 7) is 0.573. The molecule has 22 heavy (non-hydrogen) atoms. The second kappa shape index (κ2) is 6.64. The lowest BCUT2D eigenvalue weighted by Crippen LogP contribution is -2.29. The molecule has 0 aliphatic carbocycles. The monoisotopic (exact) mass is 346 g/mol. The fourth-order valence-corrected chi connectivity index (χ4v) is 3.95. The summed E-state index contributed by atoms with van der Waals surface area (Å²) in [7, 11) is -3.21. The number of aromatic carboxylic acids is 1. The van der Waals surface area contributed by atoms with Gasteiger partial charge in [0.05, 0.1) is 16.3 Å². The van der Waals surface area contributed by atoms with Crippen molar-refractivity contribution in [3.63, 3.8) is 0 Å². The molecule has 1 aliphatic rings. The van der Waals surface area contributed by atoms with Gasteiger partial charge in [0.25, 0.3) is 0 Å². The van der Waals surface area contributed by atoms with Crippen LogP contribution in [0.25, 0.3) is 0 Å². The molecule has 1 fully saturated rings. The predicted molar refractivity (Wildman–Crippen MR) is 81.6 cm³/mol. The summed E-state index contributed by atoms with van der Waals surface area (Å²) in [6, 6.07) is 4.07. The van der Waals surface area contributed by atoms with Crippen LogP contribution in [0.4, 0.5) is 5.69 Å². The Morgan fingerprint density at radius 2 is 2.09 bits per heavy atom. The highest BCUT2D eigenvalue weighted by molar-refractivity contribution is 7.89. The van der Waals surface area contributed by atoms with Crippen LogP contribution < -0.4 is 5.32 Å². The Labute approximate surface area is 132 Å². The summed E-state index contributed by atoms with van der Waals surface area (Å²) < 4.78 is 24.5. The first kappa shape index (κ1) is 16.7. The molecule has 9 heteroatoms. The Morgan fingerprint density at radius 1 is 1.36 bits per heavy atom. The summed E-state index contributed by atoms with van der Waals surface area (Å²) in [4.78, 5) is 22.6. The molecule has 0 aromatic heterocycles. The minimum Gasteiger partial charge on any atom is -0.478 e. The summed E-state index contributed by atoms with van der Waals surface area (Å²) in [5.41, 5.74) is 0.312. The SMILES string of the molecule is O=C(CCN1CCCS1(=O)=O)Nc1ccc(C(=O)O)c(Cl)c1. The number of carbonyl (C=O) groups is 2. The molecule has 1 aromatic rings. The number of carbonyl (C=O) groups excluding carboxylic acids is 1. The number of rotatable bonds is 5. The van der Waals surface area contributed by atoms with Gasteiger partial charge in [-0.1, -0.05) is 11.6 Å². The Hall–Kier alpha value is -1.64. The minimum atomic E-state index is -3.21. The molecule has 2 N–H and O–H groups in total. The molecule has 1 heterocycles. The second-order valence-electron chi connectivity index (χ2n) is 4.87. The van der Waals surface area contributed by atoms with Crippen LogP contribution in [0.2, 0.25) is 5.02 Å². The maximum absolute atomic E-state index is 11.8. The normalized spacial score (nSPS) is 17.3. The molecule has 1 saturated heterocycles. The lowest BCUT2D eigenvalue weighted by atomic mass is 10.2. The molecular formula is C13H15ClN2O5S. The number of halogens is 1. The van der Waals surface area contributed by atoms with Crippen molar-refractivity contribution in [2.45, 2.75) is 12.8 Å². The quantitative estimate of drug-likeness (QED) is 0.838. The Bertz CT molecular complexity index is 704. The van der Waals surface area contributed by atoms with Gasteiger partial charge < -0.3 is 10.4 Å². The molecule has 1 aromatic carbocycles. The molecule has 0 atom stereocenters. The predicted octanol–water partition coefficient (Wildman–Crippen LogP) is 1.40. The average molecular weight is 347 g/mol. The third-order valence-electron chi connectivity index (χ3n) is 3.27. The lowest BCUT2D eigenvalue weighted by molar-refractivity contribution is -0.116. The molecule has 7 nitrogen and oxygen atoms in total. The molecule has 0 saturated carbocycles. The number of nitrogens with zero attached hydrogens (tertiary/aromatic N) is 1. The number of sulfonamides is 1. The maximum Gasteiger partial charge on any atom is 0.337 e. The van der Waals surface area contributed by atoms with E-state index in [-0.39, 0.29) is 35.2 Å². The van der Waals surface area contributed by atoms with E-state index >= 15 is 0 Å². The number of carboxylic acid groups (broad SMARTS) is 1. The van der Waals surface area contributed by atoms with Crippen LogP contribution in [0.3, 0.4) is 0 Å². The average Bonchev–Trinajstić information content (AvgIpc) is 2.75. The lowest BCUT2D eigenvalue weighted by Gasteiger charge is -2.14. The first-order valence-corrected chi connectivity index (χ1v) is 8.59. The Kier molecular flexibility index (Phi) is 5.05. The largest absolute Gasteiger partial charge is 0.478 e. The van der Waals surface area contributed by atoms with Gasteiger partial charge in [0, 0.05) is 25.2 Å². The van der Waals surface area contributed by atoms with Crippen LogP contribution in [0, 0.1) is 0 Å². The van der Waals surface area contributed by atoms with E-state index in [1.165, 1.54) is 22.5 Å². The van der Waals surface area contributed by atoms with Gasteiger partial charge in [-0.25, -0.2) is 17.5 Å². The zero-order valence-corrected chi connectivity index (χ0v) is 13.2.